The van der Waals surface area contributed by atoms with Crippen LogP contribution in [0, 0.1) is 0 Å². The molecule has 0 aromatic heterocycles. The van der Waals surface area contributed by atoms with Crippen LogP contribution in [0.3, 0.4) is 0 Å². The predicted molar refractivity (Wildman–Crippen MR) is 114 cm³/mol. The SMILES string of the molecule is CCCCCCCC(C)(O)CC(CCc1ccc(O)c(OC)c1)NC(C)C. The highest BCUT2D eigenvalue weighted by Gasteiger charge is 2.25. The number of aliphatic hydroxyl groups is 1. The summed E-state index contributed by atoms with van der Waals surface area (Å²) in [6.45, 7) is 8.50. The molecule has 1 aromatic carbocycles. The van der Waals surface area contributed by atoms with Gasteiger partial charge in [0.15, 0.2) is 11.5 Å². The second-order valence-electron chi connectivity index (χ2n) is 8.43. The van der Waals surface area contributed by atoms with Gasteiger partial charge < -0.3 is 20.3 Å². The first kappa shape index (κ1) is 23.8. The highest BCUT2D eigenvalue weighted by atomic mass is 16.5. The molecule has 4 heteroatoms. The van der Waals surface area contributed by atoms with Crippen molar-refractivity contribution in [1.29, 1.82) is 0 Å². The fourth-order valence-corrected chi connectivity index (χ4v) is 3.68. The van der Waals surface area contributed by atoms with Gasteiger partial charge in [0.2, 0.25) is 0 Å². The molecular formula is C23H41NO3. The van der Waals surface area contributed by atoms with E-state index in [1.165, 1.54) is 25.7 Å². The zero-order valence-corrected chi connectivity index (χ0v) is 18.1. The van der Waals surface area contributed by atoms with Crippen molar-refractivity contribution in [2.75, 3.05) is 7.11 Å². The lowest BCUT2D eigenvalue weighted by Crippen LogP contribution is -2.41. The van der Waals surface area contributed by atoms with Crippen molar-refractivity contribution in [3.8, 4) is 11.5 Å². The number of ether oxygens (including phenoxy) is 1. The van der Waals surface area contributed by atoms with Gasteiger partial charge in [-0.25, -0.2) is 0 Å². The quantitative estimate of drug-likeness (QED) is 0.389. The van der Waals surface area contributed by atoms with Gasteiger partial charge in [0, 0.05) is 12.1 Å². The van der Waals surface area contributed by atoms with Crippen molar-refractivity contribution in [1.82, 2.24) is 5.32 Å². The van der Waals surface area contributed by atoms with Crippen LogP contribution < -0.4 is 10.1 Å². The van der Waals surface area contributed by atoms with E-state index in [4.69, 9.17) is 4.74 Å². The molecule has 1 aromatic rings. The molecule has 0 spiro atoms. The van der Waals surface area contributed by atoms with Gasteiger partial charge in [-0.05, 0) is 50.3 Å². The van der Waals surface area contributed by atoms with Crippen LogP contribution in [0.25, 0.3) is 0 Å². The van der Waals surface area contributed by atoms with Crippen molar-refractivity contribution >= 4 is 0 Å². The van der Waals surface area contributed by atoms with E-state index in [0.29, 0.717) is 11.8 Å². The van der Waals surface area contributed by atoms with E-state index in [9.17, 15) is 10.2 Å². The van der Waals surface area contributed by atoms with E-state index in [2.05, 4.69) is 26.1 Å². The van der Waals surface area contributed by atoms with Crippen LogP contribution >= 0.6 is 0 Å². The minimum Gasteiger partial charge on any atom is -0.504 e. The molecule has 2 unspecified atom stereocenters. The molecule has 0 fully saturated rings. The minimum atomic E-state index is -0.634. The van der Waals surface area contributed by atoms with Gasteiger partial charge in [0.05, 0.1) is 12.7 Å². The Hall–Kier alpha value is -1.26. The summed E-state index contributed by atoms with van der Waals surface area (Å²) in [5.74, 6) is 0.684. The van der Waals surface area contributed by atoms with Gasteiger partial charge in [0.1, 0.15) is 0 Å². The molecule has 0 aliphatic rings. The number of aromatic hydroxyl groups is 1. The summed E-state index contributed by atoms with van der Waals surface area (Å²) in [5.41, 5.74) is 0.505. The molecule has 27 heavy (non-hydrogen) atoms. The number of hydrogen-bond donors (Lipinski definition) is 3. The number of phenolic OH excluding ortho intramolecular Hbond substituents is 1. The summed E-state index contributed by atoms with van der Waals surface area (Å²) in [4.78, 5) is 0. The van der Waals surface area contributed by atoms with E-state index >= 15 is 0 Å². The van der Waals surface area contributed by atoms with Gasteiger partial charge in [-0.3, -0.25) is 0 Å². The first-order chi connectivity index (χ1) is 12.8. The van der Waals surface area contributed by atoms with Gasteiger partial charge in [-0.1, -0.05) is 58.9 Å². The summed E-state index contributed by atoms with van der Waals surface area (Å²) in [7, 11) is 1.57. The van der Waals surface area contributed by atoms with Crippen LogP contribution in [0.1, 0.15) is 84.6 Å². The second-order valence-corrected chi connectivity index (χ2v) is 8.43. The minimum absolute atomic E-state index is 0.170. The molecule has 156 valence electrons. The Morgan fingerprint density at radius 1 is 1.15 bits per heavy atom. The number of aryl methyl sites for hydroxylation is 1. The summed E-state index contributed by atoms with van der Waals surface area (Å²) in [6, 6.07) is 6.16. The van der Waals surface area contributed by atoms with Crippen LogP contribution in [0.2, 0.25) is 0 Å². The smallest absolute Gasteiger partial charge is 0.160 e. The molecular weight excluding hydrogens is 338 g/mol. The topological polar surface area (TPSA) is 61.7 Å². The Balaban J connectivity index is 2.58. The van der Waals surface area contributed by atoms with Crippen molar-refractivity contribution in [2.24, 2.45) is 0 Å². The fourth-order valence-electron chi connectivity index (χ4n) is 3.68. The Labute approximate surface area is 166 Å². The zero-order valence-electron chi connectivity index (χ0n) is 18.1. The number of phenols is 1. The molecule has 0 saturated heterocycles. The number of hydrogen-bond acceptors (Lipinski definition) is 4. The molecule has 0 aliphatic heterocycles. The number of methoxy groups -OCH3 is 1. The van der Waals surface area contributed by atoms with Crippen molar-refractivity contribution in [2.45, 2.75) is 103 Å². The number of benzene rings is 1. The van der Waals surface area contributed by atoms with Crippen molar-refractivity contribution in [3.05, 3.63) is 23.8 Å². The molecule has 1 rings (SSSR count). The molecule has 0 amide bonds. The Bertz CT molecular complexity index is 528. The van der Waals surface area contributed by atoms with E-state index in [1.54, 1.807) is 13.2 Å². The zero-order chi connectivity index (χ0) is 20.3. The van der Waals surface area contributed by atoms with Gasteiger partial charge >= 0.3 is 0 Å². The molecule has 0 bridgehead atoms. The molecule has 0 aliphatic carbocycles. The largest absolute Gasteiger partial charge is 0.504 e. The predicted octanol–water partition coefficient (Wildman–Crippen LogP) is 5.20. The van der Waals surface area contributed by atoms with Gasteiger partial charge in [-0.2, -0.15) is 0 Å². The maximum absolute atomic E-state index is 10.9. The third-order valence-corrected chi connectivity index (χ3v) is 5.10. The molecule has 2 atom stereocenters. The molecule has 3 N–H and O–H groups in total. The highest BCUT2D eigenvalue weighted by Crippen LogP contribution is 2.28. The van der Waals surface area contributed by atoms with E-state index in [0.717, 1.165) is 37.7 Å². The Kier molecular flexibility index (Phi) is 10.8. The summed E-state index contributed by atoms with van der Waals surface area (Å²) in [6.07, 6.45) is 9.55. The average molecular weight is 380 g/mol. The van der Waals surface area contributed by atoms with Crippen LogP contribution in [0.5, 0.6) is 11.5 Å². The van der Waals surface area contributed by atoms with Crippen LogP contribution in [0.15, 0.2) is 18.2 Å². The number of nitrogens with one attached hydrogen (secondary N) is 1. The maximum Gasteiger partial charge on any atom is 0.160 e. The van der Waals surface area contributed by atoms with Crippen LogP contribution in [-0.2, 0) is 6.42 Å². The van der Waals surface area contributed by atoms with E-state index in [-0.39, 0.29) is 11.8 Å². The second kappa shape index (κ2) is 12.2. The average Bonchev–Trinajstić information content (AvgIpc) is 2.59. The lowest BCUT2D eigenvalue weighted by molar-refractivity contribution is 0.0271. The standard InChI is InChI=1S/C23H41NO3/c1-6-7-8-9-10-15-23(4,26)17-20(24-18(2)3)13-11-19-12-14-21(25)22(16-19)27-5/h12,14,16,18,20,24-26H,6-11,13,15,17H2,1-5H3. The van der Waals surface area contributed by atoms with Crippen molar-refractivity contribution in [3.63, 3.8) is 0 Å². The lowest BCUT2D eigenvalue weighted by Gasteiger charge is -2.31. The van der Waals surface area contributed by atoms with Gasteiger partial charge in [0.25, 0.3) is 0 Å². The summed E-state index contributed by atoms with van der Waals surface area (Å²) in [5, 5.41) is 24.2. The Morgan fingerprint density at radius 3 is 2.48 bits per heavy atom. The number of rotatable bonds is 14. The first-order valence-electron chi connectivity index (χ1n) is 10.6. The third kappa shape index (κ3) is 10.0. The normalized spacial score (nSPS) is 14.9. The first-order valence-corrected chi connectivity index (χ1v) is 10.6. The summed E-state index contributed by atoms with van der Waals surface area (Å²) >= 11 is 0. The molecule has 0 heterocycles. The Morgan fingerprint density at radius 2 is 1.85 bits per heavy atom. The monoisotopic (exact) mass is 379 g/mol. The van der Waals surface area contributed by atoms with E-state index < -0.39 is 5.60 Å². The van der Waals surface area contributed by atoms with Gasteiger partial charge in [-0.15, -0.1) is 0 Å². The number of unbranched alkanes of at least 4 members (excludes halogenated alkanes) is 4. The van der Waals surface area contributed by atoms with Crippen LogP contribution in [0.4, 0.5) is 0 Å². The molecule has 0 saturated carbocycles. The highest BCUT2D eigenvalue weighted by molar-refractivity contribution is 5.41. The van der Waals surface area contributed by atoms with Crippen molar-refractivity contribution < 1.29 is 14.9 Å². The summed E-state index contributed by atoms with van der Waals surface area (Å²) < 4.78 is 5.20. The van der Waals surface area contributed by atoms with Crippen LogP contribution in [-0.4, -0.2) is 35.0 Å². The van der Waals surface area contributed by atoms with E-state index in [1.807, 2.05) is 19.1 Å². The third-order valence-electron chi connectivity index (χ3n) is 5.10. The maximum atomic E-state index is 10.9. The molecule has 0 radical (unpaired) electrons. The fraction of sp³-hybridized carbons (Fsp3) is 0.739. The molecule has 4 nitrogen and oxygen atoms in total. The lowest BCUT2D eigenvalue weighted by atomic mass is 9.88.